The Morgan fingerprint density at radius 2 is 1.90 bits per heavy atom. The van der Waals surface area contributed by atoms with Crippen molar-refractivity contribution in [3.8, 4) is 0 Å². The maximum absolute atomic E-state index is 14.6. The van der Waals surface area contributed by atoms with Gasteiger partial charge in [-0.05, 0) is 70.9 Å². The standard InChI is InChI=1S/C27H33F2N7O3/c1-17-16-33(12-13-34(17)26(38)39-27(2,3)4)25(37)31-24-15-30-22-9-10-23(32-36(22)24)35-11-5-6-21(35)19-14-18(28)7-8-20(19)29/h7-10,14-15,17,21H,5-6,11-13,16H2,1-4H3,(H,31,37)/t17-,21-/m1/s1. The van der Waals surface area contributed by atoms with Crippen LogP contribution in [0.25, 0.3) is 5.65 Å². The number of hydrogen-bond acceptors (Lipinski definition) is 6. The van der Waals surface area contributed by atoms with Gasteiger partial charge in [0.15, 0.2) is 11.5 Å². The number of rotatable bonds is 3. The number of nitrogens with one attached hydrogen (secondary N) is 1. The summed E-state index contributed by atoms with van der Waals surface area (Å²) in [5.41, 5.74) is 0.235. The molecular formula is C27H33F2N7O3. The van der Waals surface area contributed by atoms with Crippen molar-refractivity contribution >= 4 is 29.4 Å². The van der Waals surface area contributed by atoms with Gasteiger partial charge in [0.1, 0.15) is 23.1 Å². The second-order valence-electron chi connectivity index (χ2n) is 11.0. The van der Waals surface area contributed by atoms with Crippen molar-refractivity contribution in [2.75, 3.05) is 36.4 Å². The van der Waals surface area contributed by atoms with E-state index in [1.165, 1.54) is 16.8 Å². The number of benzene rings is 1. The molecule has 3 aromatic rings. The van der Waals surface area contributed by atoms with E-state index in [4.69, 9.17) is 4.74 Å². The zero-order chi connectivity index (χ0) is 27.9. The molecule has 0 unspecified atom stereocenters. The monoisotopic (exact) mass is 541 g/mol. The summed E-state index contributed by atoms with van der Waals surface area (Å²) in [7, 11) is 0. The summed E-state index contributed by atoms with van der Waals surface area (Å²) in [4.78, 5) is 35.2. The number of piperazine rings is 1. The van der Waals surface area contributed by atoms with Gasteiger partial charge in [-0.15, -0.1) is 5.10 Å². The van der Waals surface area contributed by atoms with Crippen molar-refractivity contribution in [2.45, 2.75) is 58.2 Å². The molecule has 0 bridgehead atoms. The van der Waals surface area contributed by atoms with Crippen LogP contribution in [0, 0.1) is 11.6 Å². The number of anilines is 2. The van der Waals surface area contributed by atoms with Crippen LogP contribution in [0.2, 0.25) is 0 Å². The third-order valence-electron chi connectivity index (χ3n) is 6.99. The SMILES string of the molecule is C[C@@H]1CN(C(=O)Nc2cnc3ccc(N4CCC[C@@H]4c4cc(F)ccc4F)nn23)CCN1C(=O)OC(C)(C)C. The van der Waals surface area contributed by atoms with E-state index in [0.717, 1.165) is 18.6 Å². The van der Waals surface area contributed by atoms with E-state index >= 15 is 0 Å². The quantitative estimate of drug-likeness (QED) is 0.511. The molecular weight excluding hydrogens is 508 g/mol. The topological polar surface area (TPSA) is 95.3 Å². The van der Waals surface area contributed by atoms with Crippen LogP contribution in [0.5, 0.6) is 0 Å². The second kappa shape index (κ2) is 10.3. The fourth-order valence-corrected chi connectivity index (χ4v) is 5.16. The van der Waals surface area contributed by atoms with Gasteiger partial charge in [0, 0.05) is 37.8 Å². The van der Waals surface area contributed by atoms with Crippen LogP contribution in [-0.2, 0) is 4.74 Å². The molecule has 0 radical (unpaired) electrons. The molecule has 39 heavy (non-hydrogen) atoms. The van der Waals surface area contributed by atoms with Crippen LogP contribution < -0.4 is 10.2 Å². The number of nitrogens with zero attached hydrogens (tertiary/aromatic N) is 6. The minimum atomic E-state index is -0.596. The molecule has 0 aliphatic carbocycles. The van der Waals surface area contributed by atoms with Gasteiger partial charge < -0.3 is 19.4 Å². The van der Waals surface area contributed by atoms with E-state index in [0.29, 0.717) is 55.4 Å². The molecule has 5 rings (SSSR count). The van der Waals surface area contributed by atoms with Gasteiger partial charge in [0.2, 0.25) is 0 Å². The Labute approximate surface area is 225 Å². The molecule has 2 saturated heterocycles. The molecule has 0 saturated carbocycles. The number of halogens is 2. The lowest BCUT2D eigenvalue weighted by atomic mass is 10.0. The lowest BCUT2D eigenvalue weighted by Crippen LogP contribution is -2.57. The average Bonchev–Trinajstić information content (AvgIpc) is 3.51. The molecule has 2 atom stereocenters. The van der Waals surface area contributed by atoms with Gasteiger partial charge in [-0.2, -0.15) is 4.52 Å². The van der Waals surface area contributed by atoms with Gasteiger partial charge in [0.25, 0.3) is 0 Å². The first-order chi connectivity index (χ1) is 18.5. The maximum atomic E-state index is 14.6. The number of aromatic nitrogens is 3. The zero-order valence-electron chi connectivity index (χ0n) is 22.5. The molecule has 1 N–H and O–H groups in total. The third-order valence-corrected chi connectivity index (χ3v) is 6.99. The van der Waals surface area contributed by atoms with E-state index in [1.807, 2.05) is 32.6 Å². The first kappa shape index (κ1) is 26.6. The van der Waals surface area contributed by atoms with Crippen LogP contribution in [0.1, 0.15) is 52.1 Å². The minimum Gasteiger partial charge on any atom is -0.444 e. The molecule has 12 heteroatoms. The molecule has 4 heterocycles. The summed E-state index contributed by atoms with van der Waals surface area (Å²) < 4.78 is 35.5. The number of amides is 3. The van der Waals surface area contributed by atoms with E-state index in [9.17, 15) is 18.4 Å². The summed E-state index contributed by atoms with van der Waals surface area (Å²) >= 11 is 0. The van der Waals surface area contributed by atoms with E-state index in [1.54, 1.807) is 21.9 Å². The Kier molecular flexibility index (Phi) is 7.04. The molecule has 2 fully saturated rings. The van der Waals surface area contributed by atoms with Crippen molar-refractivity contribution in [3.63, 3.8) is 0 Å². The van der Waals surface area contributed by atoms with Crippen molar-refractivity contribution in [3.05, 3.63) is 53.7 Å². The van der Waals surface area contributed by atoms with Crippen molar-refractivity contribution in [2.24, 2.45) is 0 Å². The van der Waals surface area contributed by atoms with Crippen molar-refractivity contribution in [1.82, 2.24) is 24.4 Å². The number of fused-ring (bicyclic) bond motifs is 1. The van der Waals surface area contributed by atoms with Crippen LogP contribution in [0.15, 0.2) is 36.5 Å². The van der Waals surface area contributed by atoms with Gasteiger partial charge in [-0.1, -0.05) is 0 Å². The molecule has 0 spiro atoms. The average molecular weight is 542 g/mol. The largest absolute Gasteiger partial charge is 0.444 e. The number of urea groups is 1. The van der Waals surface area contributed by atoms with Crippen molar-refractivity contribution in [1.29, 1.82) is 0 Å². The van der Waals surface area contributed by atoms with Gasteiger partial charge in [-0.25, -0.2) is 23.4 Å². The zero-order valence-corrected chi connectivity index (χ0v) is 22.5. The second-order valence-corrected chi connectivity index (χ2v) is 11.0. The van der Waals surface area contributed by atoms with Gasteiger partial charge >= 0.3 is 12.1 Å². The fourth-order valence-electron chi connectivity index (χ4n) is 5.16. The highest BCUT2D eigenvalue weighted by molar-refractivity contribution is 5.89. The number of imidazole rings is 1. The molecule has 2 aliphatic heterocycles. The number of hydrogen-bond donors (Lipinski definition) is 1. The Morgan fingerprint density at radius 1 is 1.10 bits per heavy atom. The predicted octanol–water partition coefficient (Wildman–Crippen LogP) is 4.82. The third kappa shape index (κ3) is 5.59. The summed E-state index contributed by atoms with van der Waals surface area (Å²) in [6.45, 7) is 9.00. The summed E-state index contributed by atoms with van der Waals surface area (Å²) in [6.07, 6.45) is 2.60. The molecule has 1 aromatic carbocycles. The van der Waals surface area contributed by atoms with Crippen LogP contribution in [0.3, 0.4) is 0 Å². The lowest BCUT2D eigenvalue weighted by Gasteiger charge is -2.40. The van der Waals surface area contributed by atoms with Gasteiger partial charge in [-0.3, -0.25) is 5.32 Å². The molecule has 2 aliphatic rings. The van der Waals surface area contributed by atoms with E-state index < -0.39 is 23.3 Å². The predicted molar refractivity (Wildman–Crippen MR) is 142 cm³/mol. The number of ether oxygens (including phenoxy) is 1. The molecule has 2 aromatic heterocycles. The minimum absolute atomic E-state index is 0.221. The molecule has 208 valence electrons. The highest BCUT2D eigenvalue weighted by atomic mass is 19.1. The number of carbonyl (C=O) groups excluding carboxylic acids is 2. The Morgan fingerprint density at radius 3 is 2.64 bits per heavy atom. The number of carbonyl (C=O) groups is 2. The van der Waals surface area contributed by atoms with Crippen molar-refractivity contribution < 1.29 is 23.1 Å². The van der Waals surface area contributed by atoms with E-state index in [-0.39, 0.29) is 18.1 Å². The highest BCUT2D eigenvalue weighted by Crippen LogP contribution is 2.36. The van der Waals surface area contributed by atoms with E-state index in [2.05, 4.69) is 15.4 Å². The highest BCUT2D eigenvalue weighted by Gasteiger charge is 2.33. The summed E-state index contributed by atoms with van der Waals surface area (Å²) in [5.74, 6) is 0.0157. The molecule has 3 amide bonds. The first-order valence-electron chi connectivity index (χ1n) is 13.1. The van der Waals surface area contributed by atoms with Crippen LogP contribution in [-0.4, -0.2) is 74.3 Å². The lowest BCUT2D eigenvalue weighted by molar-refractivity contribution is 0.00588. The normalized spacial score (nSPS) is 20.0. The Hall–Kier alpha value is -3.96. The first-order valence-corrected chi connectivity index (χ1v) is 13.1. The summed E-state index contributed by atoms with van der Waals surface area (Å²) in [6, 6.07) is 6.16. The Balaban J connectivity index is 1.30. The molecule has 10 nitrogen and oxygen atoms in total. The van der Waals surface area contributed by atoms with Crippen LogP contribution in [0.4, 0.5) is 30.0 Å². The fraction of sp³-hybridized carbons (Fsp3) is 0.481. The summed E-state index contributed by atoms with van der Waals surface area (Å²) in [5, 5.41) is 7.57. The maximum Gasteiger partial charge on any atom is 0.410 e. The van der Waals surface area contributed by atoms with Crippen LogP contribution >= 0.6 is 0 Å². The Bertz CT molecular complexity index is 1390. The smallest absolute Gasteiger partial charge is 0.410 e. The van der Waals surface area contributed by atoms with Gasteiger partial charge in [0.05, 0.1) is 12.2 Å².